The average Bonchev–Trinajstić information content (AvgIpc) is 2.15. The van der Waals surface area contributed by atoms with Crippen LogP contribution in [0.1, 0.15) is 0 Å². The van der Waals surface area contributed by atoms with Crippen molar-refractivity contribution in [3.63, 3.8) is 0 Å². The van der Waals surface area contributed by atoms with Crippen molar-refractivity contribution >= 4 is 23.7 Å². The van der Waals surface area contributed by atoms with Gasteiger partial charge in [-0.3, -0.25) is 0 Å². The van der Waals surface area contributed by atoms with Gasteiger partial charge in [0.1, 0.15) is 11.9 Å². The van der Waals surface area contributed by atoms with E-state index in [2.05, 4.69) is 15.3 Å². The Hall–Kier alpha value is -1.91. The molecule has 1 aromatic heterocycles. The molecule has 0 saturated carbocycles. The molecule has 0 saturated heterocycles. The number of aromatic nitrogens is 1. The van der Waals surface area contributed by atoms with Gasteiger partial charge in [-0.05, 0) is 12.1 Å². The monoisotopic (exact) mass is 179 g/mol. The van der Waals surface area contributed by atoms with E-state index < -0.39 is 5.97 Å². The van der Waals surface area contributed by atoms with Crippen molar-refractivity contribution in [2.24, 2.45) is 4.99 Å². The molecule has 13 heavy (non-hydrogen) atoms. The summed E-state index contributed by atoms with van der Waals surface area (Å²) < 4.78 is 0. The van der Waals surface area contributed by atoms with Crippen LogP contribution in [0.2, 0.25) is 0 Å². The van der Waals surface area contributed by atoms with E-state index in [0.717, 1.165) is 6.21 Å². The van der Waals surface area contributed by atoms with Crippen molar-refractivity contribution in [1.82, 2.24) is 4.98 Å². The van der Waals surface area contributed by atoms with Gasteiger partial charge in [-0.25, -0.2) is 14.8 Å². The lowest BCUT2D eigenvalue weighted by molar-refractivity contribution is -0.128. The zero-order valence-electron chi connectivity index (χ0n) is 7.06. The summed E-state index contributed by atoms with van der Waals surface area (Å²) in [5, 5.41) is 11.1. The largest absolute Gasteiger partial charge is 0.477 e. The van der Waals surface area contributed by atoms with Gasteiger partial charge in [-0.2, -0.15) is 0 Å². The van der Waals surface area contributed by atoms with Crippen molar-refractivity contribution in [2.45, 2.75) is 0 Å². The van der Waals surface area contributed by atoms with Gasteiger partial charge in [-0.15, -0.1) is 0 Å². The van der Waals surface area contributed by atoms with Crippen LogP contribution in [-0.4, -0.2) is 29.3 Å². The molecule has 1 heterocycles. The van der Waals surface area contributed by atoms with Gasteiger partial charge in [0.05, 0.1) is 0 Å². The van der Waals surface area contributed by atoms with Gasteiger partial charge in [0, 0.05) is 13.2 Å². The number of pyridine rings is 1. The minimum atomic E-state index is -1.08. The number of carboxylic acid groups (broad SMARTS) is 1. The predicted octanol–water partition coefficient (Wildman–Crippen LogP) is 0.910. The van der Waals surface area contributed by atoms with Crippen LogP contribution in [0.5, 0.6) is 0 Å². The van der Waals surface area contributed by atoms with Gasteiger partial charge in [0.2, 0.25) is 0 Å². The fourth-order valence-corrected chi connectivity index (χ4v) is 0.818. The predicted molar refractivity (Wildman–Crippen MR) is 49.6 cm³/mol. The Kier molecular flexibility index (Phi) is 2.97. The third-order valence-electron chi connectivity index (χ3n) is 1.34. The molecule has 0 bridgehead atoms. The zero-order valence-corrected chi connectivity index (χ0v) is 7.06. The highest BCUT2D eigenvalue weighted by molar-refractivity contribution is 6.22. The van der Waals surface area contributed by atoms with E-state index >= 15 is 0 Å². The maximum Gasteiger partial charge on any atom is 0.346 e. The number of hydrogen-bond donors (Lipinski definition) is 2. The van der Waals surface area contributed by atoms with Crippen LogP contribution in [0.25, 0.3) is 0 Å². The highest BCUT2D eigenvalue weighted by atomic mass is 16.4. The molecule has 0 unspecified atom stereocenters. The van der Waals surface area contributed by atoms with Crippen molar-refractivity contribution in [3.8, 4) is 0 Å². The highest BCUT2D eigenvalue weighted by Crippen LogP contribution is 2.19. The molecule has 0 spiro atoms. The van der Waals surface area contributed by atoms with E-state index in [9.17, 15) is 4.79 Å². The Morgan fingerprint density at radius 2 is 2.54 bits per heavy atom. The van der Waals surface area contributed by atoms with Crippen LogP contribution >= 0.6 is 0 Å². The van der Waals surface area contributed by atoms with Crippen molar-refractivity contribution in [2.75, 3.05) is 12.4 Å². The molecule has 0 atom stereocenters. The molecule has 0 radical (unpaired) electrons. The van der Waals surface area contributed by atoms with Gasteiger partial charge in [-0.1, -0.05) is 0 Å². The SMILES string of the molecule is CNc1ncccc1N=CC(=O)O. The van der Waals surface area contributed by atoms with E-state index in [1.807, 2.05) is 0 Å². The highest BCUT2D eigenvalue weighted by Gasteiger charge is 1.97. The van der Waals surface area contributed by atoms with E-state index in [0.29, 0.717) is 11.5 Å². The van der Waals surface area contributed by atoms with Crippen LogP contribution in [-0.2, 0) is 4.79 Å². The molecule has 0 aromatic carbocycles. The van der Waals surface area contributed by atoms with Crippen molar-refractivity contribution in [1.29, 1.82) is 0 Å². The van der Waals surface area contributed by atoms with Gasteiger partial charge in [0.15, 0.2) is 5.82 Å². The van der Waals surface area contributed by atoms with Crippen LogP contribution < -0.4 is 5.32 Å². The molecule has 0 fully saturated rings. The first-order valence-electron chi connectivity index (χ1n) is 3.64. The number of nitrogens with zero attached hydrogens (tertiary/aromatic N) is 2. The van der Waals surface area contributed by atoms with E-state index in [1.165, 1.54) is 0 Å². The summed E-state index contributed by atoms with van der Waals surface area (Å²) in [5.74, 6) is -0.522. The second-order valence-corrected chi connectivity index (χ2v) is 2.22. The minimum Gasteiger partial charge on any atom is -0.477 e. The molecule has 68 valence electrons. The van der Waals surface area contributed by atoms with E-state index in [-0.39, 0.29) is 0 Å². The molecule has 1 aromatic rings. The number of nitrogens with one attached hydrogen (secondary N) is 1. The lowest BCUT2D eigenvalue weighted by Crippen LogP contribution is -1.96. The molecular weight excluding hydrogens is 170 g/mol. The Morgan fingerprint density at radius 1 is 1.77 bits per heavy atom. The quantitative estimate of drug-likeness (QED) is 0.676. The molecule has 2 N–H and O–H groups in total. The second-order valence-electron chi connectivity index (χ2n) is 2.22. The number of carbonyl (C=O) groups is 1. The smallest absolute Gasteiger partial charge is 0.346 e. The number of anilines is 1. The number of aliphatic carboxylic acids is 1. The lowest BCUT2D eigenvalue weighted by Gasteiger charge is -2.00. The normalized spacial score (nSPS) is 10.2. The summed E-state index contributed by atoms with van der Waals surface area (Å²) >= 11 is 0. The zero-order chi connectivity index (χ0) is 9.68. The molecule has 0 aliphatic carbocycles. The fraction of sp³-hybridized carbons (Fsp3) is 0.125. The van der Waals surface area contributed by atoms with E-state index in [1.54, 1.807) is 25.4 Å². The summed E-state index contributed by atoms with van der Waals surface area (Å²) in [6.45, 7) is 0. The molecule has 5 nitrogen and oxygen atoms in total. The second kappa shape index (κ2) is 4.20. The lowest BCUT2D eigenvalue weighted by atomic mass is 10.4. The Morgan fingerprint density at radius 3 is 3.15 bits per heavy atom. The van der Waals surface area contributed by atoms with Gasteiger partial charge < -0.3 is 10.4 Å². The fourth-order valence-electron chi connectivity index (χ4n) is 0.818. The van der Waals surface area contributed by atoms with Crippen LogP contribution in [0, 0.1) is 0 Å². The topological polar surface area (TPSA) is 74.6 Å². The molecule has 0 aliphatic heterocycles. The van der Waals surface area contributed by atoms with Crippen molar-refractivity contribution < 1.29 is 9.90 Å². The van der Waals surface area contributed by atoms with Gasteiger partial charge >= 0.3 is 5.97 Å². The third kappa shape index (κ3) is 2.55. The van der Waals surface area contributed by atoms with Crippen molar-refractivity contribution in [3.05, 3.63) is 18.3 Å². The van der Waals surface area contributed by atoms with E-state index in [4.69, 9.17) is 5.11 Å². The summed E-state index contributed by atoms with van der Waals surface area (Å²) in [5.41, 5.74) is 0.507. The standard InChI is InChI=1S/C8H9N3O2/c1-9-8-6(3-2-4-10-8)11-5-7(12)13/h2-5H,1H3,(H,9,10)(H,12,13). The van der Waals surface area contributed by atoms with Gasteiger partial charge in [0.25, 0.3) is 0 Å². The maximum atomic E-state index is 10.2. The number of carboxylic acids is 1. The maximum absolute atomic E-state index is 10.2. The molecule has 5 heteroatoms. The minimum absolute atomic E-state index is 0.507. The molecule has 0 amide bonds. The molecule has 0 aliphatic rings. The summed E-state index contributed by atoms with van der Waals surface area (Å²) in [6.07, 6.45) is 2.43. The summed E-state index contributed by atoms with van der Waals surface area (Å²) in [7, 11) is 1.70. The Bertz CT molecular complexity index is 336. The third-order valence-corrected chi connectivity index (χ3v) is 1.34. The Labute approximate surface area is 75.1 Å². The molecule has 1 rings (SSSR count). The first-order chi connectivity index (χ1) is 6.24. The summed E-state index contributed by atoms with van der Waals surface area (Å²) in [4.78, 5) is 17.9. The number of rotatable bonds is 3. The van der Waals surface area contributed by atoms with Crippen LogP contribution in [0.4, 0.5) is 11.5 Å². The molecular formula is C8H9N3O2. The Balaban J connectivity index is 2.93. The first-order valence-corrected chi connectivity index (χ1v) is 3.64. The first kappa shape index (κ1) is 9.18. The van der Waals surface area contributed by atoms with Crippen LogP contribution in [0.3, 0.4) is 0 Å². The number of aliphatic imine (C=N–C) groups is 1. The number of hydrogen-bond acceptors (Lipinski definition) is 4. The average molecular weight is 179 g/mol. The summed E-state index contributed by atoms with van der Waals surface area (Å²) in [6, 6.07) is 3.37. The van der Waals surface area contributed by atoms with Crippen LogP contribution in [0.15, 0.2) is 23.3 Å².